The Morgan fingerprint density at radius 3 is 2.45 bits per heavy atom. The molecule has 5 rings (SSSR count). The van der Waals surface area contributed by atoms with E-state index in [-0.39, 0.29) is 0 Å². The first-order chi connectivity index (χ1) is 16.3. The fourth-order valence-corrected chi connectivity index (χ4v) is 4.86. The molecule has 6 heteroatoms. The summed E-state index contributed by atoms with van der Waals surface area (Å²) in [7, 11) is 0. The maximum atomic E-state index is 9.89. The summed E-state index contributed by atoms with van der Waals surface area (Å²) in [5.74, 6) is 0. The lowest BCUT2D eigenvalue weighted by atomic mass is 10.0. The molecule has 1 aliphatic rings. The molecule has 1 aliphatic heterocycles. The molecular weight excluding hydrogens is 426 g/mol. The number of rotatable bonds is 6. The number of aliphatic imine (C=N–C) groups is 1. The van der Waals surface area contributed by atoms with Crippen molar-refractivity contribution >= 4 is 22.7 Å². The van der Waals surface area contributed by atoms with Crippen molar-refractivity contribution in [1.82, 2.24) is 9.97 Å². The molecule has 0 fully saturated rings. The zero-order chi connectivity index (χ0) is 22.5. The van der Waals surface area contributed by atoms with Gasteiger partial charge in [0.1, 0.15) is 11.0 Å². The number of thiazole rings is 1. The monoisotopic (exact) mass is 449 g/mol. The van der Waals surface area contributed by atoms with Gasteiger partial charge in [-0.05, 0) is 25.0 Å². The molecule has 5 nitrogen and oxygen atoms in total. The van der Waals surface area contributed by atoms with E-state index in [9.17, 15) is 5.26 Å². The number of hydrogen-bond donors (Lipinski definition) is 1. The van der Waals surface area contributed by atoms with Crippen LogP contribution in [0, 0.1) is 11.3 Å². The fraction of sp³-hybridized carbons (Fsp3) is 0.185. The van der Waals surface area contributed by atoms with Crippen LogP contribution in [0.25, 0.3) is 10.7 Å². The number of aromatic nitrogens is 2. The van der Waals surface area contributed by atoms with Crippen LogP contribution in [0.15, 0.2) is 84.0 Å². The normalized spacial score (nSPS) is 13.3. The summed E-state index contributed by atoms with van der Waals surface area (Å²) in [5.41, 5.74) is 5.94. The van der Waals surface area contributed by atoms with Crippen LogP contribution in [0.1, 0.15) is 28.1 Å². The molecule has 0 amide bonds. The van der Waals surface area contributed by atoms with Gasteiger partial charge in [-0.2, -0.15) is 5.26 Å². The first-order valence-corrected chi connectivity index (χ1v) is 11.9. The third kappa shape index (κ3) is 4.84. The number of aryl methyl sites for hydroxylation is 1. The molecule has 1 N–H and O–H groups in total. The van der Waals surface area contributed by atoms with E-state index in [1.165, 1.54) is 0 Å². The van der Waals surface area contributed by atoms with E-state index in [2.05, 4.69) is 22.4 Å². The number of nitriles is 1. The third-order valence-electron chi connectivity index (χ3n) is 5.58. The van der Waals surface area contributed by atoms with Crippen molar-refractivity contribution in [2.24, 2.45) is 4.99 Å². The Labute approximate surface area is 197 Å². The molecule has 0 bridgehead atoms. The Morgan fingerprint density at radius 2 is 1.76 bits per heavy atom. The molecular formula is C27H23N5S. The van der Waals surface area contributed by atoms with Crippen molar-refractivity contribution in [3.8, 4) is 16.8 Å². The van der Waals surface area contributed by atoms with Gasteiger partial charge in [-0.3, -0.25) is 4.99 Å². The third-order valence-corrected chi connectivity index (χ3v) is 6.62. The van der Waals surface area contributed by atoms with Gasteiger partial charge in [0.2, 0.25) is 0 Å². The molecule has 0 aliphatic carbocycles. The topological polar surface area (TPSA) is 74.0 Å². The number of nitrogens with one attached hydrogen (secondary N) is 1. The highest BCUT2D eigenvalue weighted by molar-refractivity contribution is 7.15. The summed E-state index contributed by atoms with van der Waals surface area (Å²) in [5, 5.41) is 14.2. The number of anilines is 1. The van der Waals surface area contributed by atoms with Crippen molar-refractivity contribution in [2.45, 2.75) is 25.3 Å². The van der Waals surface area contributed by atoms with E-state index < -0.39 is 6.04 Å². The highest BCUT2D eigenvalue weighted by atomic mass is 32.1. The van der Waals surface area contributed by atoms with Crippen molar-refractivity contribution in [3.05, 3.63) is 101 Å². The smallest absolute Gasteiger partial charge is 0.142 e. The average molecular weight is 450 g/mol. The Hall–Kier alpha value is -3.82. The molecule has 1 atom stereocenters. The van der Waals surface area contributed by atoms with Crippen molar-refractivity contribution < 1.29 is 0 Å². The molecule has 3 heterocycles. The van der Waals surface area contributed by atoms with Crippen molar-refractivity contribution in [2.75, 3.05) is 11.9 Å². The summed E-state index contributed by atoms with van der Waals surface area (Å²) in [6, 6.07) is 26.0. The van der Waals surface area contributed by atoms with Crippen LogP contribution in [-0.2, 0) is 12.8 Å². The molecule has 0 spiro atoms. The molecule has 33 heavy (non-hydrogen) atoms. The van der Waals surface area contributed by atoms with E-state index in [1.807, 2.05) is 72.9 Å². The lowest BCUT2D eigenvalue weighted by Gasteiger charge is -2.17. The molecule has 0 saturated heterocycles. The average Bonchev–Trinajstić information content (AvgIpc) is 3.36. The first kappa shape index (κ1) is 21.0. The van der Waals surface area contributed by atoms with Crippen LogP contribution in [-0.4, -0.2) is 28.3 Å². The van der Waals surface area contributed by atoms with Crippen molar-refractivity contribution in [1.29, 1.82) is 5.26 Å². The number of fused-ring (bicyclic) bond motifs is 1. The fourth-order valence-electron chi connectivity index (χ4n) is 3.95. The van der Waals surface area contributed by atoms with Gasteiger partial charge in [-0.25, -0.2) is 9.97 Å². The molecule has 1 unspecified atom stereocenters. The second-order valence-corrected chi connectivity index (χ2v) is 9.03. The Bertz CT molecular complexity index is 1260. The maximum Gasteiger partial charge on any atom is 0.142 e. The van der Waals surface area contributed by atoms with Gasteiger partial charge in [0.05, 0.1) is 28.9 Å². The highest BCUT2D eigenvalue weighted by Gasteiger charge is 2.16. The van der Waals surface area contributed by atoms with Crippen LogP contribution < -0.4 is 5.32 Å². The summed E-state index contributed by atoms with van der Waals surface area (Å²) < 4.78 is 0. The van der Waals surface area contributed by atoms with Crippen molar-refractivity contribution in [3.63, 3.8) is 0 Å². The SMILES string of the molecule is N#CC(Cc1cnc(-c2ccc3c(n2)CCCN3)s1)N=C(c1ccccc1)c1ccccc1. The first-order valence-electron chi connectivity index (χ1n) is 11.1. The molecule has 0 saturated carbocycles. The number of hydrogen-bond acceptors (Lipinski definition) is 6. The predicted octanol–water partition coefficient (Wildman–Crippen LogP) is 5.54. The van der Waals surface area contributed by atoms with E-state index in [0.29, 0.717) is 6.42 Å². The molecule has 0 radical (unpaired) electrons. The largest absolute Gasteiger partial charge is 0.384 e. The van der Waals surface area contributed by atoms with E-state index in [0.717, 1.165) is 63.2 Å². The van der Waals surface area contributed by atoms with Crippen LogP contribution in [0.5, 0.6) is 0 Å². The van der Waals surface area contributed by atoms with E-state index in [4.69, 9.17) is 9.98 Å². The number of pyridine rings is 1. The van der Waals surface area contributed by atoms with E-state index >= 15 is 0 Å². The molecule has 2 aromatic carbocycles. The lowest BCUT2D eigenvalue weighted by Crippen LogP contribution is -2.13. The minimum absolute atomic E-state index is 0.505. The Balaban J connectivity index is 1.41. The van der Waals surface area contributed by atoms with E-state index in [1.54, 1.807) is 11.3 Å². The molecule has 162 valence electrons. The van der Waals surface area contributed by atoms with Gasteiger partial charge < -0.3 is 5.32 Å². The van der Waals surface area contributed by atoms with Gasteiger partial charge in [0.15, 0.2) is 0 Å². The zero-order valence-corrected chi connectivity index (χ0v) is 18.9. The summed E-state index contributed by atoms with van der Waals surface area (Å²) in [6.07, 6.45) is 4.45. The van der Waals surface area contributed by atoms with Gasteiger partial charge in [0.25, 0.3) is 0 Å². The maximum absolute atomic E-state index is 9.89. The van der Waals surface area contributed by atoms with Crippen LogP contribution >= 0.6 is 11.3 Å². The second kappa shape index (κ2) is 9.76. The lowest BCUT2D eigenvalue weighted by molar-refractivity contribution is 0.803. The summed E-state index contributed by atoms with van der Waals surface area (Å²) in [4.78, 5) is 15.3. The zero-order valence-electron chi connectivity index (χ0n) is 18.1. The second-order valence-electron chi connectivity index (χ2n) is 7.91. The number of nitrogens with zero attached hydrogens (tertiary/aromatic N) is 4. The standard InChI is InChI=1S/C27H23N5S/c28-17-21(31-26(19-8-3-1-4-9-19)20-10-5-2-6-11-20)16-22-18-30-27(33-22)25-14-13-23-24(32-25)12-7-15-29-23/h1-6,8-11,13-14,18,21,29H,7,12,15-16H2. The molecule has 4 aromatic rings. The van der Waals surface area contributed by atoms with Gasteiger partial charge in [-0.1, -0.05) is 60.7 Å². The van der Waals surface area contributed by atoms with Gasteiger partial charge in [0, 0.05) is 35.2 Å². The minimum Gasteiger partial charge on any atom is -0.384 e. The number of benzene rings is 2. The Morgan fingerprint density at radius 1 is 1.03 bits per heavy atom. The quantitative estimate of drug-likeness (QED) is 0.393. The predicted molar refractivity (Wildman–Crippen MR) is 134 cm³/mol. The van der Waals surface area contributed by atoms with Gasteiger partial charge in [-0.15, -0.1) is 11.3 Å². The summed E-state index contributed by atoms with van der Waals surface area (Å²) in [6.45, 7) is 0.999. The molecule has 2 aromatic heterocycles. The highest BCUT2D eigenvalue weighted by Crippen LogP contribution is 2.29. The Kier molecular flexibility index (Phi) is 6.23. The summed E-state index contributed by atoms with van der Waals surface area (Å²) >= 11 is 1.58. The minimum atomic E-state index is -0.505. The van der Waals surface area contributed by atoms with Crippen LogP contribution in [0.2, 0.25) is 0 Å². The van der Waals surface area contributed by atoms with Crippen LogP contribution in [0.4, 0.5) is 5.69 Å². The van der Waals surface area contributed by atoms with Gasteiger partial charge >= 0.3 is 0 Å². The van der Waals surface area contributed by atoms with Crippen LogP contribution in [0.3, 0.4) is 0 Å².